The van der Waals surface area contributed by atoms with Gasteiger partial charge in [-0.2, -0.15) is 5.26 Å². The standard InChI is InChI=1S/C12H16N4O2S/c1-19(17,18)15-6-5-14-12-10(8-13)7-9-3-2-4-11(9)16-12/h7,15H,2-6H2,1H3,(H,14,16). The Bertz CT molecular complexity index is 619. The van der Waals surface area contributed by atoms with E-state index in [2.05, 4.69) is 21.1 Å². The Morgan fingerprint density at radius 2 is 2.21 bits per heavy atom. The van der Waals surface area contributed by atoms with Crippen molar-refractivity contribution in [3.63, 3.8) is 0 Å². The molecule has 1 aromatic heterocycles. The molecule has 0 aromatic carbocycles. The van der Waals surface area contributed by atoms with E-state index in [1.165, 1.54) is 0 Å². The van der Waals surface area contributed by atoms with Crippen molar-refractivity contribution in [3.05, 3.63) is 22.9 Å². The van der Waals surface area contributed by atoms with Crippen molar-refractivity contribution in [3.8, 4) is 6.07 Å². The molecular weight excluding hydrogens is 264 g/mol. The molecule has 0 fully saturated rings. The molecule has 0 aliphatic heterocycles. The summed E-state index contributed by atoms with van der Waals surface area (Å²) in [5, 5.41) is 12.1. The molecule has 0 atom stereocenters. The zero-order valence-electron chi connectivity index (χ0n) is 10.7. The Morgan fingerprint density at radius 3 is 2.89 bits per heavy atom. The number of pyridine rings is 1. The highest BCUT2D eigenvalue weighted by Gasteiger charge is 2.16. The van der Waals surface area contributed by atoms with Crippen molar-refractivity contribution in [2.75, 3.05) is 24.7 Å². The SMILES string of the molecule is CS(=O)(=O)NCCNc1nc2c(cc1C#N)CCC2. The number of aryl methyl sites for hydroxylation is 2. The molecule has 0 bridgehead atoms. The lowest BCUT2D eigenvalue weighted by Gasteiger charge is -2.09. The number of anilines is 1. The zero-order valence-corrected chi connectivity index (χ0v) is 11.5. The van der Waals surface area contributed by atoms with Crippen LogP contribution in [0.3, 0.4) is 0 Å². The van der Waals surface area contributed by atoms with Crippen molar-refractivity contribution < 1.29 is 8.42 Å². The first-order chi connectivity index (χ1) is 8.99. The van der Waals surface area contributed by atoms with E-state index in [0.29, 0.717) is 17.9 Å². The molecule has 1 aromatic rings. The van der Waals surface area contributed by atoms with Gasteiger partial charge in [0.1, 0.15) is 11.9 Å². The molecule has 102 valence electrons. The number of rotatable bonds is 5. The third-order valence-corrected chi connectivity index (χ3v) is 3.68. The molecule has 2 rings (SSSR count). The van der Waals surface area contributed by atoms with Gasteiger partial charge in [0.2, 0.25) is 10.0 Å². The summed E-state index contributed by atoms with van der Waals surface area (Å²) in [6.45, 7) is 0.663. The monoisotopic (exact) mass is 280 g/mol. The van der Waals surface area contributed by atoms with Crippen molar-refractivity contribution in [1.82, 2.24) is 9.71 Å². The number of nitriles is 1. The van der Waals surface area contributed by atoms with Gasteiger partial charge in [-0.15, -0.1) is 0 Å². The van der Waals surface area contributed by atoms with Gasteiger partial charge in [-0.25, -0.2) is 18.1 Å². The van der Waals surface area contributed by atoms with Crippen LogP contribution < -0.4 is 10.0 Å². The third-order valence-electron chi connectivity index (χ3n) is 2.95. The summed E-state index contributed by atoms with van der Waals surface area (Å²) < 4.78 is 24.2. The summed E-state index contributed by atoms with van der Waals surface area (Å²) >= 11 is 0. The van der Waals surface area contributed by atoms with Crippen LogP contribution in [0.4, 0.5) is 5.82 Å². The number of hydrogen-bond donors (Lipinski definition) is 2. The van der Waals surface area contributed by atoms with Gasteiger partial charge in [-0.1, -0.05) is 0 Å². The van der Waals surface area contributed by atoms with Crippen LogP contribution in [0, 0.1) is 11.3 Å². The maximum atomic E-state index is 10.9. The van der Waals surface area contributed by atoms with E-state index in [-0.39, 0.29) is 6.54 Å². The van der Waals surface area contributed by atoms with Crippen LogP contribution in [0.25, 0.3) is 0 Å². The smallest absolute Gasteiger partial charge is 0.208 e. The number of fused-ring (bicyclic) bond motifs is 1. The molecule has 0 unspecified atom stereocenters. The normalized spacial score (nSPS) is 13.9. The predicted octanol–water partition coefficient (Wildman–Crippen LogP) is 0.403. The van der Waals surface area contributed by atoms with Gasteiger partial charge < -0.3 is 5.32 Å². The van der Waals surface area contributed by atoms with Crippen molar-refractivity contribution in [1.29, 1.82) is 5.26 Å². The summed E-state index contributed by atoms with van der Waals surface area (Å²) in [7, 11) is -3.18. The second-order valence-corrected chi connectivity index (χ2v) is 6.38. The fourth-order valence-corrected chi connectivity index (χ4v) is 2.58. The summed E-state index contributed by atoms with van der Waals surface area (Å²) in [6, 6.07) is 4.00. The fourth-order valence-electron chi connectivity index (χ4n) is 2.11. The third kappa shape index (κ3) is 3.66. The maximum Gasteiger partial charge on any atom is 0.208 e. The van der Waals surface area contributed by atoms with Crippen LogP contribution in [0.2, 0.25) is 0 Å². The molecule has 1 heterocycles. The average molecular weight is 280 g/mol. The molecular formula is C12H16N4O2S. The highest BCUT2D eigenvalue weighted by atomic mass is 32.2. The Morgan fingerprint density at radius 1 is 1.42 bits per heavy atom. The van der Waals surface area contributed by atoms with E-state index >= 15 is 0 Å². The number of sulfonamides is 1. The molecule has 2 N–H and O–H groups in total. The highest BCUT2D eigenvalue weighted by Crippen LogP contribution is 2.24. The fraction of sp³-hybridized carbons (Fsp3) is 0.500. The van der Waals surface area contributed by atoms with Gasteiger partial charge in [-0.3, -0.25) is 0 Å². The van der Waals surface area contributed by atoms with Crippen LogP contribution in [0.1, 0.15) is 23.2 Å². The number of nitrogens with zero attached hydrogens (tertiary/aromatic N) is 2. The highest BCUT2D eigenvalue weighted by molar-refractivity contribution is 7.88. The summed E-state index contributed by atoms with van der Waals surface area (Å²) in [5.41, 5.74) is 2.70. The lowest BCUT2D eigenvalue weighted by Crippen LogP contribution is -2.28. The Kier molecular flexibility index (Phi) is 4.02. The Balaban J connectivity index is 2.02. The van der Waals surface area contributed by atoms with Gasteiger partial charge in [-0.05, 0) is 30.9 Å². The largest absolute Gasteiger partial charge is 0.368 e. The van der Waals surface area contributed by atoms with E-state index in [4.69, 9.17) is 5.26 Å². The minimum atomic E-state index is -3.18. The number of aromatic nitrogens is 1. The maximum absolute atomic E-state index is 10.9. The summed E-state index contributed by atoms with van der Waals surface area (Å²) in [6.07, 6.45) is 4.11. The predicted molar refractivity (Wildman–Crippen MR) is 72.3 cm³/mol. The first-order valence-corrected chi connectivity index (χ1v) is 8.00. The van der Waals surface area contributed by atoms with E-state index in [0.717, 1.165) is 36.8 Å². The van der Waals surface area contributed by atoms with Crippen molar-refractivity contribution >= 4 is 15.8 Å². The summed E-state index contributed by atoms with van der Waals surface area (Å²) in [4.78, 5) is 4.45. The molecule has 0 spiro atoms. The lowest BCUT2D eigenvalue weighted by molar-refractivity contribution is 0.589. The molecule has 1 aliphatic carbocycles. The number of hydrogen-bond acceptors (Lipinski definition) is 5. The second kappa shape index (κ2) is 5.55. The van der Waals surface area contributed by atoms with E-state index in [1.54, 1.807) is 0 Å². The Hall–Kier alpha value is -1.65. The van der Waals surface area contributed by atoms with Crippen molar-refractivity contribution in [2.24, 2.45) is 0 Å². The topological polar surface area (TPSA) is 94.9 Å². The molecule has 6 nitrogen and oxygen atoms in total. The van der Waals surface area contributed by atoms with Crippen LogP contribution in [0.15, 0.2) is 6.07 Å². The first kappa shape index (κ1) is 13.8. The van der Waals surface area contributed by atoms with Crippen LogP contribution in [0.5, 0.6) is 0 Å². The van der Waals surface area contributed by atoms with Gasteiger partial charge in [0.15, 0.2) is 0 Å². The summed E-state index contributed by atoms with van der Waals surface area (Å²) in [5.74, 6) is 0.540. The van der Waals surface area contributed by atoms with E-state index < -0.39 is 10.0 Å². The lowest BCUT2D eigenvalue weighted by atomic mass is 10.1. The zero-order chi connectivity index (χ0) is 13.9. The number of nitrogens with one attached hydrogen (secondary N) is 2. The molecule has 7 heteroatoms. The van der Waals surface area contributed by atoms with Crippen molar-refractivity contribution in [2.45, 2.75) is 19.3 Å². The van der Waals surface area contributed by atoms with E-state index in [1.807, 2.05) is 6.07 Å². The molecule has 0 saturated heterocycles. The average Bonchev–Trinajstić information content (AvgIpc) is 2.79. The first-order valence-electron chi connectivity index (χ1n) is 6.11. The van der Waals surface area contributed by atoms with Gasteiger partial charge >= 0.3 is 0 Å². The van der Waals surface area contributed by atoms with Crippen LogP contribution in [-0.4, -0.2) is 32.7 Å². The minimum absolute atomic E-state index is 0.266. The molecule has 1 aliphatic rings. The van der Waals surface area contributed by atoms with Crippen LogP contribution >= 0.6 is 0 Å². The molecule has 0 saturated carbocycles. The minimum Gasteiger partial charge on any atom is -0.368 e. The second-order valence-electron chi connectivity index (χ2n) is 4.55. The van der Waals surface area contributed by atoms with E-state index in [9.17, 15) is 8.42 Å². The molecule has 0 amide bonds. The molecule has 0 radical (unpaired) electrons. The van der Waals surface area contributed by atoms with Crippen LogP contribution in [-0.2, 0) is 22.9 Å². The van der Waals surface area contributed by atoms with Gasteiger partial charge in [0, 0.05) is 18.8 Å². The molecule has 19 heavy (non-hydrogen) atoms. The van der Waals surface area contributed by atoms with Gasteiger partial charge in [0.25, 0.3) is 0 Å². The quantitative estimate of drug-likeness (QED) is 0.761. The van der Waals surface area contributed by atoms with Gasteiger partial charge in [0.05, 0.1) is 11.8 Å². The Labute approximate surface area is 112 Å².